The van der Waals surface area contributed by atoms with E-state index < -0.39 is 0 Å². The van der Waals surface area contributed by atoms with Crippen LogP contribution in [0.2, 0.25) is 0 Å². The molecule has 1 aliphatic carbocycles. The second-order valence-corrected chi connectivity index (χ2v) is 5.89. The smallest absolute Gasteiger partial charge is 0.136 e. The third-order valence-corrected chi connectivity index (χ3v) is 4.57. The summed E-state index contributed by atoms with van der Waals surface area (Å²) in [6, 6.07) is 10.6. The van der Waals surface area contributed by atoms with E-state index in [-0.39, 0.29) is 0 Å². The maximum atomic E-state index is 6.01. The Labute approximate surface area is 125 Å². The molecule has 1 aromatic carbocycles. The van der Waals surface area contributed by atoms with E-state index in [4.69, 9.17) is 16.6 Å². The number of fused-ring (bicyclic) bond motifs is 1. The van der Waals surface area contributed by atoms with Crippen molar-refractivity contribution in [2.24, 2.45) is 5.92 Å². The van der Waals surface area contributed by atoms with Gasteiger partial charge in [0.15, 0.2) is 0 Å². The number of halogens is 1. The molecule has 0 bridgehead atoms. The minimum absolute atomic E-state index is 0.471. The van der Waals surface area contributed by atoms with Gasteiger partial charge in [-0.15, -0.1) is 11.6 Å². The van der Waals surface area contributed by atoms with Gasteiger partial charge >= 0.3 is 0 Å². The Morgan fingerprint density at radius 3 is 2.75 bits per heavy atom. The summed E-state index contributed by atoms with van der Waals surface area (Å²) < 4.78 is 0. The van der Waals surface area contributed by atoms with Crippen LogP contribution in [0.25, 0.3) is 10.8 Å². The molecule has 3 heteroatoms. The lowest BCUT2D eigenvalue weighted by Gasteiger charge is -2.33. The van der Waals surface area contributed by atoms with Crippen molar-refractivity contribution in [1.82, 2.24) is 4.98 Å². The van der Waals surface area contributed by atoms with Crippen molar-refractivity contribution >= 4 is 28.2 Å². The molecule has 1 aromatic heterocycles. The van der Waals surface area contributed by atoms with Crippen molar-refractivity contribution in [3.8, 4) is 0 Å². The molecule has 1 aliphatic rings. The molecule has 1 saturated carbocycles. The van der Waals surface area contributed by atoms with Crippen LogP contribution in [0.15, 0.2) is 30.3 Å². The van der Waals surface area contributed by atoms with Gasteiger partial charge in [-0.1, -0.05) is 30.7 Å². The molecule has 0 aliphatic heterocycles. The third kappa shape index (κ3) is 2.62. The van der Waals surface area contributed by atoms with Crippen LogP contribution in [0.4, 0.5) is 5.82 Å². The van der Waals surface area contributed by atoms with Gasteiger partial charge in [0.2, 0.25) is 0 Å². The van der Waals surface area contributed by atoms with Gasteiger partial charge in [-0.25, -0.2) is 4.98 Å². The zero-order chi connectivity index (χ0) is 13.9. The largest absolute Gasteiger partial charge is 0.356 e. The standard InChI is InChI=1S/C17H21ClN2/c1-2-20(12-13-6-5-7-13)17-16-9-4-3-8-14(16)10-15(11-18)19-17/h3-4,8-10,13H,2,5-7,11-12H2,1H3. The number of pyridine rings is 1. The van der Waals surface area contributed by atoms with Gasteiger partial charge in [0.25, 0.3) is 0 Å². The van der Waals surface area contributed by atoms with Gasteiger partial charge < -0.3 is 4.90 Å². The summed E-state index contributed by atoms with van der Waals surface area (Å²) in [6.45, 7) is 4.33. The first-order valence-electron chi connectivity index (χ1n) is 7.51. The molecule has 106 valence electrons. The maximum Gasteiger partial charge on any atom is 0.136 e. The molecular weight excluding hydrogens is 268 g/mol. The lowest BCUT2D eigenvalue weighted by atomic mass is 9.85. The fourth-order valence-electron chi connectivity index (χ4n) is 2.90. The highest BCUT2D eigenvalue weighted by Crippen LogP contribution is 2.31. The first-order valence-corrected chi connectivity index (χ1v) is 8.05. The monoisotopic (exact) mass is 288 g/mol. The highest BCUT2D eigenvalue weighted by Gasteiger charge is 2.22. The molecule has 1 fully saturated rings. The van der Waals surface area contributed by atoms with Crippen LogP contribution in [0.3, 0.4) is 0 Å². The first kappa shape index (κ1) is 13.7. The Balaban J connectivity index is 2.02. The highest BCUT2D eigenvalue weighted by molar-refractivity contribution is 6.17. The van der Waals surface area contributed by atoms with Crippen LogP contribution in [0.5, 0.6) is 0 Å². The molecule has 0 atom stereocenters. The van der Waals surface area contributed by atoms with E-state index in [0.717, 1.165) is 30.5 Å². The minimum atomic E-state index is 0.471. The molecule has 0 amide bonds. The van der Waals surface area contributed by atoms with Crippen LogP contribution < -0.4 is 4.90 Å². The predicted molar refractivity (Wildman–Crippen MR) is 86.5 cm³/mol. The second kappa shape index (κ2) is 6.01. The lowest BCUT2D eigenvalue weighted by molar-refractivity contribution is 0.318. The third-order valence-electron chi connectivity index (χ3n) is 4.29. The summed E-state index contributed by atoms with van der Waals surface area (Å²) >= 11 is 6.01. The Bertz CT molecular complexity index is 593. The zero-order valence-electron chi connectivity index (χ0n) is 12.0. The second-order valence-electron chi connectivity index (χ2n) is 5.63. The summed E-state index contributed by atoms with van der Waals surface area (Å²) in [5.74, 6) is 2.42. The van der Waals surface area contributed by atoms with Crippen LogP contribution in [0.1, 0.15) is 31.9 Å². The summed E-state index contributed by atoms with van der Waals surface area (Å²) in [5, 5.41) is 2.47. The number of alkyl halides is 1. The van der Waals surface area contributed by atoms with Gasteiger partial charge in [0.05, 0.1) is 11.6 Å². The van der Waals surface area contributed by atoms with E-state index in [9.17, 15) is 0 Å². The fourth-order valence-corrected chi connectivity index (χ4v) is 3.03. The van der Waals surface area contributed by atoms with Crippen molar-refractivity contribution in [2.45, 2.75) is 32.1 Å². The van der Waals surface area contributed by atoms with Crippen molar-refractivity contribution in [1.29, 1.82) is 0 Å². The molecular formula is C17H21ClN2. The fraction of sp³-hybridized carbons (Fsp3) is 0.471. The number of anilines is 1. The molecule has 1 heterocycles. The van der Waals surface area contributed by atoms with Crippen molar-refractivity contribution in [3.63, 3.8) is 0 Å². The molecule has 2 aromatic rings. The Morgan fingerprint density at radius 2 is 2.10 bits per heavy atom. The molecule has 0 N–H and O–H groups in total. The number of hydrogen-bond donors (Lipinski definition) is 0. The molecule has 2 nitrogen and oxygen atoms in total. The van der Waals surface area contributed by atoms with Crippen LogP contribution in [0, 0.1) is 5.92 Å². The molecule has 0 saturated heterocycles. The minimum Gasteiger partial charge on any atom is -0.356 e. The van der Waals surface area contributed by atoms with E-state index in [1.54, 1.807) is 0 Å². The molecule has 3 rings (SSSR count). The molecule has 0 radical (unpaired) electrons. The van der Waals surface area contributed by atoms with Gasteiger partial charge in [-0.3, -0.25) is 0 Å². The Hall–Kier alpha value is -1.28. The van der Waals surface area contributed by atoms with Crippen molar-refractivity contribution < 1.29 is 0 Å². The number of benzene rings is 1. The van der Waals surface area contributed by atoms with Crippen LogP contribution in [-0.2, 0) is 5.88 Å². The van der Waals surface area contributed by atoms with Gasteiger partial charge in [-0.05, 0) is 37.1 Å². The summed E-state index contributed by atoms with van der Waals surface area (Å²) in [7, 11) is 0. The van der Waals surface area contributed by atoms with Crippen molar-refractivity contribution in [2.75, 3.05) is 18.0 Å². The number of rotatable bonds is 5. The predicted octanol–water partition coefficient (Wildman–Crippen LogP) is 4.60. The Morgan fingerprint density at radius 1 is 1.30 bits per heavy atom. The summed E-state index contributed by atoms with van der Waals surface area (Å²) in [4.78, 5) is 7.21. The summed E-state index contributed by atoms with van der Waals surface area (Å²) in [6.07, 6.45) is 4.12. The Kier molecular flexibility index (Phi) is 4.11. The van der Waals surface area contributed by atoms with E-state index in [0.29, 0.717) is 5.88 Å². The average Bonchev–Trinajstić information content (AvgIpc) is 2.45. The van der Waals surface area contributed by atoms with E-state index in [1.807, 2.05) is 0 Å². The lowest BCUT2D eigenvalue weighted by Crippen LogP contribution is -2.33. The normalized spacial score (nSPS) is 15.3. The SMILES string of the molecule is CCN(CC1CCC1)c1nc(CCl)cc2ccccc12. The molecule has 0 spiro atoms. The van der Waals surface area contributed by atoms with Crippen LogP contribution >= 0.6 is 11.6 Å². The number of hydrogen-bond acceptors (Lipinski definition) is 2. The molecule has 20 heavy (non-hydrogen) atoms. The van der Waals surface area contributed by atoms with E-state index >= 15 is 0 Å². The topological polar surface area (TPSA) is 16.1 Å². The number of aromatic nitrogens is 1. The van der Waals surface area contributed by atoms with Gasteiger partial charge in [-0.2, -0.15) is 0 Å². The quantitative estimate of drug-likeness (QED) is 0.748. The van der Waals surface area contributed by atoms with E-state index in [2.05, 4.69) is 42.2 Å². The van der Waals surface area contributed by atoms with Gasteiger partial charge in [0.1, 0.15) is 5.82 Å². The first-order chi connectivity index (χ1) is 9.81. The number of nitrogens with zero attached hydrogens (tertiary/aromatic N) is 2. The van der Waals surface area contributed by atoms with Gasteiger partial charge in [0, 0.05) is 18.5 Å². The van der Waals surface area contributed by atoms with E-state index in [1.165, 1.54) is 30.0 Å². The molecule has 0 unspecified atom stereocenters. The average molecular weight is 289 g/mol. The zero-order valence-corrected chi connectivity index (χ0v) is 12.7. The maximum absolute atomic E-state index is 6.01. The summed E-state index contributed by atoms with van der Waals surface area (Å²) in [5.41, 5.74) is 0.965. The van der Waals surface area contributed by atoms with Crippen LogP contribution in [-0.4, -0.2) is 18.1 Å². The highest BCUT2D eigenvalue weighted by atomic mass is 35.5. The van der Waals surface area contributed by atoms with Crippen molar-refractivity contribution in [3.05, 3.63) is 36.0 Å².